The van der Waals surface area contributed by atoms with Gasteiger partial charge in [-0.3, -0.25) is 0 Å². The molecule has 3 rings (SSSR count). The molecular formula is C20H19F5O6. The summed E-state index contributed by atoms with van der Waals surface area (Å²) < 4.78 is 73.2. The predicted molar refractivity (Wildman–Crippen MR) is 95.5 cm³/mol. The number of aliphatic hydroxyl groups excluding tert-OH is 5. The fourth-order valence-corrected chi connectivity index (χ4v) is 3.53. The van der Waals surface area contributed by atoms with E-state index in [1.807, 2.05) is 0 Å². The van der Waals surface area contributed by atoms with Crippen molar-refractivity contribution >= 4 is 0 Å². The van der Waals surface area contributed by atoms with E-state index < -0.39 is 72.2 Å². The van der Waals surface area contributed by atoms with Gasteiger partial charge in [-0.05, 0) is 34.9 Å². The normalized spacial score (nSPS) is 27.9. The molecule has 0 saturated carbocycles. The van der Waals surface area contributed by atoms with Gasteiger partial charge in [0, 0.05) is 6.07 Å². The molecule has 0 amide bonds. The summed E-state index contributed by atoms with van der Waals surface area (Å²) in [5.74, 6) is -1.98. The van der Waals surface area contributed by atoms with Crippen molar-refractivity contribution in [2.45, 2.75) is 42.8 Å². The Labute approximate surface area is 172 Å². The third-order valence-corrected chi connectivity index (χ3v) is 5.11. The largest absolute Gasteiger partial charge is 0.416 e. The molecule has 0 radical (unpaired) electrons. The molecule has 6 nitrogen and oxygen atoms in total. The van der Waals surface area contributed by atoms with Gasteiger partial charge in [0.05, 0.1) is 12.2 Å². The maximum absolute atomic E-state index is 13.7. The van der Waals surface area contributed by atoms with E-state index >= 15 is 0 Å². The van der Waals surface area contributed by atoms with Crippen molar-refractivity contribution in [1.82, 2.24) is 0 Å². The molecule has 0 aliphatic carbocycles. The topological polar surface area (TPSA) is 110 Å². The molecule has 31 heavy (non-hydrogen) atoms. The zero-order chi connectivity index (χ0) is 23.1. The van der Waals surface area contributed by atoms with Gasteiger partial charge in [-0.25, -0.2) is 8.78 Å². The van der Waals surface area contributed by atoms with Gasteiger partial charge in [-0.1, -0.05) is 12.1 Å². The molecule has 0 aromatic heterocycles. The number of alkyl halides is 3. The molecule has 2 aromatic rings. The number of benzene rings is 2. The number of hydrogen-bond acceptors (Lipinski definition) is 6. The van der Waals surface area contributed by atoms with Crippen molar-refractivity contribution in [2.24, 2.45) is 0 Å². The van der Waals surface area contributed by atoms with E-state index in [1.54, 1.807) is 0 Å². The van der Waals surface area contributed by atoms with Crippen LogP contribution in [0.25, 0.3) is 11.1 Å². The molecule has 1 saturated heterocycles. The molecule has 1 fully saturated rings. The smallest absolute Gasteiger partial charge is 0.394 e. The lowest BCUT2D eigenvalue weighted by Gasteiger charge is -2.42. The summed E-state index contributed by atoms with van der Waals surface area (Å²) in [6, 6.07) is 4.76. The molecule has 0 bridgehead atoms. The first-order valence-corrected chi connectivity index (χ1v) is 9.10. The second kappa shape index (κ2) is 8.77. The average molecular weight is 450 g/mol. The molecule has 170 valence electrons. The molecule has 11 heteroatoms. The lowest BCUT2D eigenvalue weighted by atomic mass is 9.87. The van der Waals surface area contributed by atoms with Crippen molar-refractivity contribution in [3.63, 3.8) is 0 Å². The van der Waals surface area contributed by atoms with Crippen LogP contribution in [-0.2, 0) is 10.9 Å². The molecule has 2 aromatic carbocycles. The predicted octanol–water partition coefficient (Wildman–Crippen LogP) is 1.53. The maximum atomic E-state index is 13.7. The molecule has 6 atom stereocenters. The van der Waals surface area contributed by atoms with E-state index in [0.717, 1.165) is 24.3 Å². The second-order valence-corrected chi connectivity index (χ2v) is 7.20. The van der Waals surface area contributed by atoms with Gasteiger partial charge >= 0.3 is 6.18 Å². The minimum absolute atomic E-state index is 0.170. The first-order valence-electron chi connectivity index (χ1n) is 9.10. The van der Waals surface area contributed by atoms with Crippen LogP contribution >= 0.6 is 0 Å². The summed E-state index contributed by atoms with van der Waals surface area (Å²) in [6.45, 7) is -0.829. The highest BCUT2D eigenvalue weighted by atomic mass is 19.4. The lowest BCUT2D eigenvalue weighted by Crippen LogP contribution is -2.60. The fraction of sp³-hybridized carbons (Fsp3) is 0.400. The molecule has 5 N–H and O–H groups in total. The van der Waals surface area contributed by atoms with Gasteiger partial charge in [0.1, 0.15) is 48.3 Å². The summed E-state index contributed by atoms with van der Waals surface area (Å²) in [5, 5.41) is 49.5. The first kappa shape index (κ1) is 23.5. The Bertz CT molecular complexity index is 915. The summed E-state index contributed by atoms with van der Waals surface area (Å²) in [7, 11) is 0. The Balaban J connectivity index is 2.04. The number of ether oxygens (including phenoxy) is 1. The highest BCUT2D eigenvalue weighted by Crippen LogP contribution is 2.40. The Morgan fingerprint density at radius 1 is 0.871 bits per heavy atom. The van der Waals surface area contributed by atoms with E-state index in [-0.39, 0.29) is 11.1 Å². The molecule has 1 aliphatic rings. The van der Waals surface area contributed by atoms with Crippen molar-refractivity contribution in [3.8, 4) is 11.1 Å². The van der Waals surface area contributed by atoms with Crippen LogP contribution in [0.1, 0.15) is 17.2 Å². The van der Waals surface area contributed by atoms with Crippen LogP contribution in [-0.4, -0.2) is 62.7 Å². The number of rotatable bonds is 4. The zero-order valence-electron chi connectivity index (χ0n) is 15.7. The van der Waals surface area contributed by atoms with E-state index in [4.69, 9.17) is 4.74 Å². The summed E-state index contributed by atoms with van der Waals surface area (Å²) in [5.41, 5.74) is -2.45. The van der Waals surface area contributed by atoms with Crippen LogP contribution in [0.15, 0.2) is 36.4 Å². The van der Waals surface area contributed by atoms with Gasteiger partial charge in [0.2, 0.25) is 0 Å². The van der Waals surface area contributed by atoms with Crippen LogP contribution in [0.2, 0.25) is 0 Å². The summed E-state index contributed by atoms with van der Waals surface area (Å²) in [6.07, 6.45) is -16.0. The van der Waals surface area contributed by atoms with Gasteiger partial charge in [0.25, 0.3) is 0 Å². The standard InChI is InChI=1S/C20H19F5O6/c21-10-3-9(4-11(22)6-10)8-1-2-12(13(5-8)20(23,24)25)15(27)19-18(30)17(29)16(28)14(7-26)31-19/h1-6,14-19,26-30H,7H2/t14-,15-,16-,17+,18+,19-/m1/s1. The summed E-state index contributed by atoms with van der Waals surface area (Å²) in [4.78, 5) is 0. The minimum Gasteiger partial charge on any atom is -0.394 e. The Kier molecular flexibility index (Phi) is 6.65. The number of halogens is 5. The Morgan fingerprint density at radius 2 is 1.48 bits per heavy atom. The zero-order valence-corrected chi connectivity index (χ0v) is 15.7. The van der Waals surface area contributed by atoms with Crippen molar-refractivity contribution in [3.05, 3.63) is 59.2 Å². The van der Waals surface area contributed by atoms with Gasteiger partial charge in [-0.2, -0.15) is 13.2 Å². The van der Waals surface area contributed by atoms with Gasteiger partial charge in [-0.15, -0.1) is 0 Å². The highest BCUT2D eigenvalue weighted by molar-refractivity contribution is 5.65. The SMILES string of the molecule is OC[C@H]1O[C@H]([C@H](O)c2ccc(-c3cc(F)cc(F)c3)cc2C(F)(F)F)[C@@H](O)[C@@H](O)[C@@H]1O. The van der Waals surface area contributed by atoms with Crippen molar-refractivity contribution < 1.29 is 52.2 Å². The monoisotopic (exact) mass is 450 g/mol. The minimum atomic E-state index is -5.01. The van der Waals surface area contributed by atoms with Crippen LogP contribution in [0, 0.1) is 11.6 Å². The highest BCUT2D eigenvalue weighted by Gasteiger charge is 2.48. The van der Waals surface area contributed by atoms with E-state index in [9.17, 15) is 47.5 Å². The summed E-state index contributed by atoms with van der Waals surface area (Å²) >= 11 is 0. The van der Waals surface area contributed by atoms with Crippen molar-refractivity contribution in [2.75, 3.05) is 6.61 Å². The quantitative estimate of drug-likeness (QED) is 0.452. The third-order valence-electron chi connectivity index (χ3n) is 5.11. The van der Waals surface area contributed by atoms with Crippen LogP contribution in [0.3, 0.4) is 0 Å². The second-order valence-electron chi connectivity index (χ2n) is 7.20. The van der Waals surface area contributed by atoms with Crippen molar-refractivity contribution in [1.29, 1.82) is 0 Å². The van der Waals surface area contributed by atoms with Crippen LogP contribution in [0.4, 0.5) is 22.0 Å². The Hall–Kier alpha value is -2.15. The molecular weight excluding hydrogens is 431 g/mol. The van der Waals surface area contributed by atoms with Gasteiger partial charge in [0.15, 0.2) is 0 Å². The first-order chi connectivity index (χ1) is 14.4. The fourth-order valence-electron chi connectivity index (χ4n) is 3.53. The molecule has 0 unspecified atom stereocenters. The van der Waals surface area contributed by atoms with Gasteiger partial charge < -0.3 is 30.3 Å². The van der Waals surface area contributed by atoms with E-state index in [0.29, 0.717) is 12.1 Å². The van der Waals surface area contributed by atoms with E-state index in [1.165, 1.54) is 0 Å². The Morgan fingerprint density at radius 3 is 2.03 bits per heavy atom. The molecule has 0 spiro atoms. The van der Waals surface area contributed by atoms with Crippen LogP contribution in [0.5, 0.6) is 0 Å². The van der Waals surface area contributed by atoms with E-state index in [2.05, 4.69) is 0 Å². The molecule has 1 heterocycles. The lowest BCUT2D eigenvalue weighted by molar-refractivity contribution is -0.250. The number of aliphatic hydroxyl groups is 5. The number of hydrogen-bond donors (Lipinski definition) is 5. The third kappa shape index (κ3) is 4.71. The van der Waals surface area contributed by atoms with Crippen LogP contribution < -0.4 is 0 Å². The maximum Gasteiger partial charge on any atom is 0.416 e. The molecule has 1 aliphatic heterocycles. The average Bonchev–Trinajstić information content (AvgIpc) is 2.70.